The molecule has 1 aliphatic rings. The molecular formula is C46H32N2O2. The van der Waals surface area contributed by atoms with Gasteiger partial charge < -0.3 is 8.83 Å². The zero-order chi connectivity index (χ0) is 32.8. The van der Waals surface area contributed by atoms with Gasteiger partial charge in [0, 0.05) is 38.1 Å². The molecule has 4 heteroatoms. The quantitative estimate of drug-likeness (QED) is 0.180. The molecule has 0 amide bonds. The predicted molar refractivity (Wildman–Crippen MR) is 206 cm³/mol. The molecule has 0 aliphatic heterocycles. The van der Waals surface area contributed by atoms with Gasteiger partial charge in [-0.25, -0.2) is 4.98 Å². The standard InChI is InChI=1S/C46H32N2O2/c1-2-11-27(12-3-1)28-23-29(31-18-10-19-36-37-21-22-41-42(46(37)50-45(31)36)38-17-8-9-20-40(38)49-41)25-30(24-28)39-26-47-43-34-15-6-4-13-32(34)33-14-5-7-16-35(33)44(43)48-39/h4-10,13-27H,1-3,11-12H2. The summed E-state index contributed by atoms with van der Waals surface area (Å²) in [6.45, 7) is 0. The van der Waals surface area contributed by atoms with Crippen LogP contribution >= 0.6 is 0 Å². The summed E-state index contributed by atoms with van der Waals surface area (Å²) >= 11 is 0. The minimum Gasteiger partial charge on any atom is -0.456 e. The summed E-state index contributed by atoms with van der Waals surface area (Å²) < 4.78 is 13.1. The average molecular weight is 645 g/mol. The van der Waals surface area contributed by atoms with Crippen LogP contribution in [0.15, 0.2) is 136 Å². The molecule has 0 atom stereocenters. The highest BCUT2D eigenvalue weighted by Crippen LogP contribution is 2.44. The van der Waals surface area contributed by atoms with Gasteiger partial charge in [-0.3, -0.25) is 4.98 Å². The summed E-state index contributed by atoms with van der Waals surface area (Å²) in [5.41, 5.74) is 11.0. The summed E-state index contributed by atoms with van der Waals surface area (Å²) in [6, 6.07) is 43.1. The molecule has 0 N–H and O–H groups in total. The Hall–Kier alpha value is -6.00. The second-order valence-corrected chi connectivity index (χ2v) is 13.9. The van der Waals surface area contributed by atoms with Crippen molar-refractivity contribution in [3.63, 3.8) is 0 Å². The van der Waals surface area contributed by atoms with Gasteiger partial charge in [-0.1, -0.05) is 110 Å². The minimum absolute atomic E-state index is 0.521. The van der Waals surface area contributed by atoms with Gasteiger partial charge in [0.25, 0.3) is 0 Å². The lowest BCUT2D eigenvalue weighted by atomic mass is 9.82. The molecular weight excluding hydrogens is 613 g/mol. The van der Waals surface area contributed by atoms with E-state index in [4.69, 9.17) is 18.8 Å². The monoisotopic (exact) mass is 644 g/mol. The lowest BCUT2D eigenvalue weighted by Gasteiger charge is -2.23. The smallest absolute Gasteiger partial charge is 0.147 e. The van der Waals surface area contributed by atoms with E-state index < -0.39 is 0 Å². The fourth-order valence-electron chi connectivity index (χ4n) is 8.68. The first-order valence-electron chi connectivity index (χ1n) is 17.8. The van der Waals surface area contributed by atoms with E-state index in [9.17, 15) is 0 Å². The molecule has 238 valence electrons. The van der Waals surface area contributed by atoms with Crippen molar-refractivity contribution in [1.82, 2.24) is 9.97 Å². The van der Waals surface area contributed by atoms with Gasteiger partial charge in [0.1, 0.15) is 22.3 Å². The highest BCUT2D eigenvalue weighted by molar-refractivity contribution is 6.24. The van der Waals surface area contributed by atoms with Crippen molar-refractivity contribution in [3.8, 4) is 22.4 Å². The van der Waals surface area contributed by atoms with Crippen LogP contribution in [0, 0.1) is 0 Å². The third-order valence-electron chi connectivity index (χ3n) is 11.1. The molecule has 1 saturated carbocycles. The molecule has 3 heterocycles. The van der Waals surface area contributed by atoms with E-state index in [2.05, 4.69) is 109 Å². The van der Waals surface area contributed by atoms with Crippen LogP contribution in [0.3, 0.4) is 0 Å². The van der Waals surface area contributed by atoms with Crippen LogP contribution in [-0.4, -0.2) is 9.97 Å². The van der Waals surface area contributed by atoms with E-state index in [1.54, 1.807) is 0 Å². The molecule has 11 rings (SSSR count). The molecule has 1 aliphatic carbocycles. The topological polar surface area (TPSA) is 52.1 Å². The SMILES string of the molecule is c1ccc2c(c1)oc1ccc3c4cccc(-c5cc(-c6cnc7c8ccccc8c8ccccc8c7n6)cc(C6CCCCC6)c5)c4oc3c12. The van der Waals surface area contributed by atoms with Crippen LogP contribution in [0.4, 0.5) is 0 Å². The van der Waals surface area contributed by atoms with Gasteiger partial charge in [0.05, 0.1) is 28.3 Å². The van der Waals surface area contributed by atoms with Crippen LogP contribution < -0.4 is 0 Å². The van der Waals surface area contributed by atoms with Crippen molar-refractivity contribution < 1.29 is 8.83 Å². The van der Waals surface area contributed by atoms with Gasteiger partial charge >= 0.3 is 0 Å². The second-order valence-electron chi connectivity index (χ2n) is 13.9. The van der Waals surface area contributed by atoms with Crippen molar-refractivity contribution in [2.45, 2.75) is 38.0 Å². The van der Waals surface area contributed by atoms with E-state index in [1.165, 1.54) is 48.4 Å². The Labute approximate surface area is 288 Å². The first kappa shape index (κ1) is 27.9. The molecule has 50 heavy (non-hydrogen) atoms. The molecule has 0 saturated heterocycles. The number of aromatic nitrogens is 2. The second kappa shape index (κ2) is 10.8. The molecule has 1 fully saturated rings. The molecule has 0 bridgehead atoms. The maximum Gasteiger partial charge on any atom is 0.147 e. The summed E-state index contributed by atoms with van der Waals surface area (Å²) in [6.07, 6.45) is 8.25. The van der Waals surface area contributed by atoms with Gasteiger partial charge in [0.2, 0.25) is 0 Å². The van der Waals surface area contributed by atoms with Gasteiger partial charge in [-0.15, -0.1) is 0 Å². The number of hydrogen-bond acceptors (Lipinski definition) is 4. The Kier molecular flexibility index (Phi) is 6.00. The first-order valence-corrected chi connectivity index (χ1v) is 17.8. The van der Waals surface area contributed by atoms with Gasteiger partial charge in [0.15, 0.2) is 0 Å². The first-order chi connectivity index (χ1) is 24.8. The Balaban J connectivity index is 1.16. The minimum atomic E-state index is 0.521. The van der Waals surface area contributed by atoms with Crippen molar-refractivity contribution in [1.29, 1.82) is 0 Å². The van der Waals surface area contributed by atoms with Crippen LogP contribution in [0.1, 0.15) is 43.6 Å². The number of benzene rings is 7. The maximum atomic E-state index is 6.91. The Morgan fingerprint density at radius 2 is 1.18 bits per heavy atom. The number of fused-ring (bicyclic) bond motifs is 13. The van der Waals surface area contributed by atoms with Crippen LogP contribution in [0.5, 0.6) is 0 Å². The molecule has 0 spiro atoms. The molecule has 3 aromatic heterocycles. The number of para-hydroxylation sites is 2. The summed E-state index contributed by atoms with van der Waals surface area (Å²) in [5, 5.41) is 8.99. The molecule has 10 aromatic rings. The largest absolute Gasteiger partial charge is 0.456 e. The summed E-state index contributed by atoms with van der Waals surface area (Å²) in [7, 11) is 0. The zero-order valence-corrected chi connectivity index (χ0v) is 27.4. The number of hydrogen-bond donors (Lipinski definition) is 0. The average Bonchev–Trinajstić information content (AvgIpc) is 3.76. The van der Waals surface area contributed by atoms with E-state index in [1.807, 2.05) is 18.3 Å². The van der Waals surface area contributed by atoms with E-state index in [0.717, 1.165) is 88.1 Å². The third-order valence-corrected chi connectivity index (χ3v) is 11.1. The van der Waals surface area contributed by atoms with Crippen LogP contribution in [0.25, 0.3) is 98.8 Å². The van der Waals surface area contributed by atoms with Crippen molar-refractivity contribution in [2.75, 3.05) is 0 Å². The van der Waals surface area contributed by atoms with Crippen LogP contribution in [-0.2, 0) is 0 Å². The van der Waals surface area contributed by atoms with Crippen molar-refractivity contribution in [2.24, 2.45) is 0 Å². The van der Waals surface area contributed by atoms with Gasteiger partial charge in [-0.05, 0) is 71.0 Å². The predicted octanol–water partition coefficient (Wildman–Crippen LogP) is 13.1. The third kappa shape index (κ3) is 4.11. The number of furan rings is 2. The molecule has 0 radical (unpaired) electrons. The van der Waals surface area contributed by atoms with E-state index >= 15 is 0 Å². The molecule has 0 unspecified atom stereocenters. The summed E-state index contributed by atoms with van der Waals surface area (Å²) in [4.78, 5) is 10.5. The fourth-order valence-corrected chi connectivity index (χ4v) is 8.68. The highest BCUT2D eigenvalue weighted by atomic mass is 16.3. The zero-order valence-electron chi connectivity index (χ0n) is 27.4. The Bertz CT molecular complexity index is 2940. The summed E-state index contributed by atoms with van der Waals surface area (Å²) in [5.74, 6) is 0.521. The maximum absolute atomic E-state index is 6.91. The lowest BCUT2D eigenvalue weighted by Crippen LogP contribution is -2.05. The van der Waals surface area contributed by atoms with Gasteiger partial charge in [-0.2, -0.15) is 0 Å². The normalized spacial score (nSPS) is 14.3. The molecule has 4 nitrogen and oxygen atoms in total. The van der Waals surface area contributed by atoms with Crippen LogP contribution in [0.2, 0.25) is 0 Å². The fraction of sp³-hybridized carbons (Fsp3) is 0.130. The number of rotatable bonds is 3. The number of nitrogens with zero attached hydrogens (tertiary/aromatic N) is 2. The Morgan fingerprint density at radius 1 is 0.500 bits per heavy atom. The van der Waals surface area contributed by atoms with Crippen molar-refractivity contribution in [3.05, 3.63) is 133 Å². The Morgan fingerprint density at radius 3 is 2.00 bits per heavy atom. The van der Waals surface area contributed by atoms with E-state index in [-0.39, 0.29) is 0 Å². The van der Waals surface area contributed by atoms with Crippen molar-refractivity contribution >= 4 is 76.5 Å². The lowest BCUT2D eigenvalue weighted by molar-refractivity contribution is 0.444. The highest BCUT2D eigenvalue weighted by Gasteiger charge is 2.22. The van der Waals surface area contributed by atoms with E-state index in [0.29, 0.717) is 5.92 Å². The molecule has 7 aromatic carbocycles.